The molecule has 0 saturated carbocycles. The molecule has 1 saturated heterocycles. The van der Waals surface area contributed by atoms with E-state index in [2.05, 4.69) is 0 Å². The smallest absolute Gasteiger partial charge is 0.129 e. The van der Waals surface area contributed by atoms with E-state index in [1.807, 2.05) is 18.9 Å². The Morgan fingerprint density at radius 2 is 2.13 bits per heavy atom. The van der Waals surface area contributed by atoms with Crippen LogP contribution in [0.4, 0.5) is 4.39 Å². The lowest BCUT2D eigenvalue weighted by Gasteiger charge is -2.27. The van der Waals surface area contributed by atoms with E-state index < -0.39 is 5.60 Å². The van der Waals surface area contributed by atoms with Crippen LogP contribution >= 0.6 is 0 Å². The summed E-state index contributed by atoms with van der Waals surface area (Å²) in [7, 11) is 1.94. The first-order valence-corrected chi connectivity index (χ1v) is 5.20. The minimum Gasteiger partial charge on any atom is -0.383 e. The van der Waals surface area contributed by atoms with Gasteiger partial charge < -0.3 is 10.0 Å². The summed E-state index contributed by atoms with van der Waals surface area (Å²) in [6.07, 6.45) is 0. The Bertz CT molecular complexity index is 368. The van der Waals surface area contributed by atoms with Crippen LogP contribution in [0.5, 0.6) is 0 Å². The van der Waals surface area contributed by atoms with Crippen molar-refractivity contribution in [1.29, 1.82) is 0 Å². The number of aliphatic hydroxyl groups is 1. The van der Waals surface area contributed by atoms with Crippen LogP contribution in [-0.2, 0) is 5.60 Å². The average Bonchev–Trinajstić information content (AvgIpc) is 2.42. The van der Waals surface area contributed by atoms with Crippen LogP contribution in [-0.4, -0.2) is 30.1 Å². The molecule has 2 rings (SSSR count). The molecule has 1 aromatic carbocycles. The van der Waals surface area contributed by atoms with Crippen molar-refractivity contribution in [2.45, 2.75) is 12.5 Å². The third kappa shape index (κ3) is 1.66. The maximum absolute atomic E-state index is 13.6. The van der Waals surface area contributed by atoms with Gasteiger partial charge in [0.25, 0.3) is 0 Å². The molecule has 1 heterocycles. The van der Waals surface area contributed by atoms with Gasteiger partial charge in [-0.1, -0.05) is 25.1 Å². The Kier molecular flexibility index (Phi) is 2.52. The maximum atomic E-state index is 13.6. The van der Waals surface area contributed by atoms with Crippen molar-refractivity contribution in [3.05, 3.63) is 35.6 Å². The van der Waals surface area contributed by atoms with E-state index in [0.717, 1.165) is 6.54 Å². The van der Waals surface area contributed by atoms with Crippen LogP contribution in [0.1, 0.15) is 12.5 Å². The SMILES string of the molecule is C[C@@H]1CN(C)C[C@]1(O)c1ccccc1F. The van der Waals surface area contributed by atoms with Gasteiger partial charge in [-0.2, -0.15) is 0 Å². The third-order valence-electron chi connectivity index (χ3n) is 3.25. The number of benzene rings is 1. The average molecular weight is 209 g/mol. The normalized spacial score (nSPS) is 32.1. The summed E-state index contributed by atoms with van der Waals surface area (Å²) >= 11 is 0. The molecular formula is C12H16FNO. The van der Waals surface area contributed by atoms with Gasteiger partial charge in [0.05, 0.1) is 0 Å². The highest BCUT2D eigenvalue weighted by Crippen LogP contribution is 2.36. The molecule has 1 aliphatic rings. The monoisotopic (exact) mass is 209 g/mol. The highest BCUT2D eigenvalue weighted by molar-refractivity contribution is 5.27. The van der Waals surface area contributed by atoms with Crippen LogP contribution in [0.15, 0.2) is 24.3 Å². The zero-order chi connectivity index (χ0) is 11.1. The Labute approximate surface area is 89.3 Å². The summed E-state index contributed by atoms with van der Waals surface area (Å²) in [5.74, 6) is -0.262. The van der Waals surface area contributed by atoms with E-state index in [0.29, 0.717) is 12.1 Å². The number of halogens is 1. The molecule has 82 valence electrons. The number of rotatable bonds is 1. The molecule has 1 fully saturated rings. The quantitative estimate of drug-likeness (QED) is 0.759. The topological polar surface area (TPSA) is 23.5 Å². The fourth-order valence-electron chi connectivity index (χ4n) is 2.41. The summed E-state index contributed by atoms with van der Waals surface area (Å²) < 4.78 is 13.6. The number of β-amino-alcohol motifs (C(OH)–C–C–N with tert-alkyl or cyclic N) is 1. The lowest BCUT2D eigenvalue weighted by Crippen LogP contribution is -2.34. The van der Waals surface area contributed by atoms with Gasteiger partial charge in [-0.25, -0.2) is 4.39 Å². The van der Waals surface area contributed by atoms with Gasteiger partial charge in [0.1, 0.15) is 11.4 Å². The molecule has 2 nitrogen and oxygen atoms in total. The van der Waals surface area contributed by atoms with E-state index in [1.54, 1.807) is 18.2 Å². The molecule has 0 unspecified atom stereocenters. The van der Waals surface area contributed by atoms with E-state index in [-0.39, 0.29) is 11.7 Å². The number of likely N-dealkylation sites (tertiary alicyclic amines) is 1. The third-order valence-corrected chi connectivity index (χ3v) is 3.25. The van der Waals surface area contributed by atoms with Crippen LogP contribution in [0.3, 0.4) is 0 Å². The lowest BCUT2D eigenvalue weighted by atomic mass is 9.85. The minimum atomic E-state index is -1.04. The van der Waals surface area contributed by atoms with E-state index in [4.69, 9.17) is 0 Å². The van der Waals surface area contributed by atoms with Crippen molar-refractivity contribution < 1.29 is 9.50 Å². The predicted octanol–water partition coefficient (Wildman–Crippen LogP) is 1.59. The van der Waals surface area contributed by atoms with Gasteiger partial charge in [0.15, 0.2) is 0 Å². The fourth-order valence-corrected chi connectivity index (χ4v) is 2.41. The van der Waals surface area contributed by atoms with Crippen molar-refractivity contribution in [2.24, 2.45) is 5.92 Å². The maximum Gasteiger partial charge on any atom is 0.129 e. The summed E-state index contributed by atoms with van der Waals surface area (Å²) in [4.78, 5) is 2.02. The molecule has 0 aromatic heterocycles. The second-order valence-corrected chi connectivity index (χ2v) is 4.50. The van der Waals surface area contributed by atoms with Crippen molar-refractivity contribution in [2.75, 3.05) is 20.1 Å². The van der Waals surface area contributed by atoms with Crippen molar-refractivity contribution in [3.8, 4) is 0 Å². The summed E-state index contributed by atoms with van der Waals surface area (Å²) in [6, 6.07) is 6.48. The second kappa shape index (κ2) is 3.58. The number of nitrogens with zero attached hydrogens (tertiary/aromatic N) is 1. The van der Waals surface area contributed by atoms with Gasteiger partial charge in [0.2, 0.25) is 0 Å². The Morgan fingerprint density at radius 3 is 2.67 bits per heavy atom. The van der Waals surface area contributed by atoms with Crippen LogP contribution in [0, 0.1) is 11.7 Å². The first-order valence-electron chi connectivity index (χ1n) is 5.20. The molecule has 3 heteroatoms. The lowest BCUT2D eigenvalue weighted by molar-refractivity contribution is 0.0113. The van der Waals surface area contributed by atoms with Crippen LogP contribution in [0.2, 0.25) is 0 Å². The summed E-state index contributed by atoms with van der Waals surface area (Å²) in [5, 5.41) is 10.5. The molecule has 1 aromatic rings. The van der Waals surface area contributed by atoms with Crippen molar-refractivity contribution >= 4 is 0 Å². The largest absolute Gasteiger partial charge is 0.383 e. The minimum absolute atomic E-state index is 0.0550. The van der Waals surface area contributed by atoms with Crippen LogP contribution in [0.25, 0.3) is 0 Å². The first kappa shape index (κ1) is 10.6. The second-order valence-electron chi connectivity index (χ2n) is 4.50. The van der Waals surface area contributed by atoms with E-state index >= 15 is 0 Å². The molecule has 1 aliphatic heterocycles. The van der Waals surface area contributed by atoms with E-state index in [9.17, 15) is 9.50 Å². The zero-order valence-corrected chi connectivity index (χ0v) is 9.07. The van der Waals surface area contributed by atoms with Crippen molar-refractivity contribution in [1.82, 2.24) is 4.90 Å². The van der Waals surface area contributed by atoms with Gasteiger partial charge in [-0.15, -0.1) is 0 Å². The number of likely N-dealkylation sites (N-methyl/N-ethyl adjacent to an activating group) is 1. The Morgan fingerprint density at radius 1 is 1.47 bits per heavy atom. The predicted molar refractivity (Wildman–Crippen MR) is 57.0 cm³/mol. The zero-order valence-electron chi connectivity index (χ0n) is 9.07. The Balaban J connectivity index is 2.42. The fraction of sp³-hybridized carbons (Fsp3) is 0.500. The molecule has 0 bridgehead atoms. The van der Waals surface area contributed by atoms with Gasteiger partial charge in [-0.05, 0) is 13.1 Å². The highest BCUT2D eigenvalue weighted by atomic mass is 19.1. The first-order chi connectivity index (χ1) is 7.04. The molecule has 0 amide bonds. The molecule has 15 heavy (non-hydrogen) atoms. The Hall–Kier alpha value is -0.930. The molecule has 2 atom stereocenters. The number of hydrogen-bond donors (Lipinski definition) is 1. The highest BCUT2D eigenvalue weighted by Gasteiger charge is 2.43. The molecular weight excluding hydrogens is 193 g/mol. The standard InChI is InChI=1S/C12H16FNO/c1-9-7-14(2)8-12(9,15)10-5-3-4-6-11(10)13/h3-6,9,15H,7-8H2,1-2H3/t9-,12-/m1/s1. The van der Waals surface area contributed by atoms with Gasteiger partial charge >= 0.3 is 0 Å². The van der Waals surface area contributed by atoms with Crippen molar-refractivity contribution in [3.63, 3.8) is 0 Å². The van der Waals surface area contributed by atoms with Crippen LogP contribution < -0.4 is 0 Å². The molecule has 0 aliphatic carbocycles. The summed E-state index contributed by atoms with van der Waals surface area (Å²) in [5.41, 5.74) is -0.623. The number of hydrogen-bond acceptors (Lipinski definition) is 2. The van der Waals surface area contributed by atoms with Gasteiger partial charge in [0, 0.05) is 24.6 Å². The molecule has 0 spiro atoms. The molecule has 1 N–H and O–H groups in total. The molecule has 0 radical (unpaired) electrons. The summed E-state index contributed by atoms with van der Waals surface area (Å²) in [6.45, 7) is 3.25. The van der Waals surface area contributed by atoms with Gasteiger partial charge in [-0.3, -0.25) is 0 Å². The van der Waals surface area contributed by atoms with E-state index in [1.165, 1.54) is 6.07 Å².